The lowest BCUT2D eigenvalue weighted by atomic mass is 9.95. The largest absolute Gasteiger partial charge is 0.466 e. The average Bonchev–Trinajstić information content (AvgIpc) is 2.82. The van der Waals surface area contributed by atoms with E-state index in [1.807, 2.05) is 33.8 Å². The van der Waals surface area contributed by atoms with Crippen LogP contribution in [0.25, 0.3) is 0 Å². The van der Waals surface area contributed by atoms with Crippen LogP contribution in [0.4, 0.5) is 4.79 Å². The SMILES string of the molecule is CCCCOC(=O)CCNC(=O)[C@@H]1CCCN(C(=O)/C=C/C2CCN(C(=O)OC(C)(C)C)CC2)C1. The van der Waals surface area contributed by atoms with Gasteiger partial charge in [0, 0.05) is 32.7 Å². The third-order valence-electron chi connectivity index (χ3n) is 6.20. The Morgan fingerprint density at radius 3 is 2.40 bits per heavy atom. The summed E-state index contributed by atoms with van der Waals surface area (Å²) in [5.41, 5.74) is -0.510. The fourth-order valence-corrected chi connectivity index (χ4v) is 4.15. The van der Waals surface area contributed by atoms with Crippen molar-refractivity contribution in [2.75, 3.05) is 39.3 Å². The predicted octanol–water partition coefficient (Wildman–Crippen LogP) is 3.28. The number of carbonyl (C=O) groups is 4. The quantitative estimate of drug-likeness (QED) is 0.300. The van der Waals surface area contributed by atoms with Crippen LogP contribution in [0.2, 0.25) is 0 Å². The first-order chi connectivity index (χ1) is 16.6. The van der Waals surface area contributed by atoms with Gasteiger partial charge >= 0.3 is 12.1 Å². The Labute approximate surface area is 209 Å². The number of ether oxygens (including phenoxy) is 2. The van der Waals surface area contributed by atoms with E-state index in [2.05, 4.69) is 5.32 Å². The Morgan fingerprint density at radius 1 is 1.03 bits per heavy atom. The van der Waals surface area contributed by atoms with Crippen LogP contribution in [-0.2, 0) is 23.9 Å². The molecule has 0 saturated carbocycles. The standard InChI is InChI=1S/C26H43N3O6/c1-5-6-18-34-23(31)11-14-27-24(32)21-8-7-15-29(19-21)22(30)10-9-20-12-16-28(17-13-20)25(33)35-26(2,3)4/h9-10,20-21H,5-8,11-19H2,1-4H3,(H,27,32)/b10-9+/t21-/m1/s1. The molecule has 3 amide bonds. The summed E-state index contributed by atoms with van der Waals surface area (Å²) in [6.07, 6.45) is 8.27. The summed E-state index contributed by atoms with van der Waals surface area (Å²) in [5, 5.41) is 2.81. The van der Waals surface area contributed by atoms with Gasteiger partial charge in [-0.1, -0.05) is 19.4 Å². The molecule has 2 saturated heterocycles. The molecule has 2 aliphatic rings. The molecule has 0 bridgehead atoms. The number of allylic oxidation sites excluding steroid dienone is 1. The van der Waals surface area contributed by atoms with Gasteiger partial charge in [0.1, 0.15) is 5.60 Å². The first-order valence-corrected chi connectivity index (χ1v) is 13.0. The third kappa shape index (κ3) is 10.7. The predicted molar refractivity (Wildman–Crippen MR) is 132 cm³/mol. The summed E-state index contributed by atoms with van der Waals surface area (Å²) in [5.74, 6) is -0.548. The summed E-state index contributed by atoms with van der Waals surface area (Å²) in [6, 6.07) is 0. The molecule has 2 fully saturated rings. The van der Waals surface area contributed by atoms with Gasteiger partial charge in [-0.2, -0.15) is 0 Å². The summed E-state index contributed by atoms with van der Waals surface area (Å²) in [6.45, 7) is 10.5. The molecular weight excluding hydrogens is 450 g/mol. The van der Waals surface area contributed by atoms with Crippen LogP contribution in [0.3, 0.4) is 0 Å². The van der Waals surface area contributed by atoms with Crippen molar-refractivity contribution in [3.05, 3.63) is 12.2 Å². The van der Waals surface area contributed by atoms with Crippen molar-refractivity contribution >= 4 is 23.9 Å². The first-order valence-electron chi connectivity index (χ1n) is 13.0. The summed E-state index contributed by atoms with van der Waals surface area (Å²) < 4.78 is 10.5. The van der Waals surface area contributed by atoms with Gasteiger partial charge in [-0.15, -0.1) is 0 Å². The Morgan fingerprint density at radius 2 is 1.74 bits per heavy atom. The lowest BCUT2D eigenvalue weighted by molar-refractivity contribution is -0.143. The number of nitrogens with one attached hydrogen (secondary N) is 1. The van der Waals surface area contributed by atoms with Crippen LogP contribution < -0.4 is 5.32 Å². The Hall–Kier alpha value is -2.58. The fourth-order valence-electron chi connectivity index (χ4n) is 4.15. The van der Waals surface area contributed by atoms with E-state index in [4.69, 9.17) is 9.47 Å². The molecule has 1 atom stereocenters. The van der Waals surface area contributed by atoms with Crippen molar-refractivity contribution in [1.82, 2.24) is 15.1 Å². The molecule has 0 aromatic carbocycles. The van der Waals surface area contributed by atoms with Gasteiger partial charge in [0.15, 0.2) is 0 Å². The average molecular weight is 494 g/mol. The minimum atomic E-state index is -0.510. The number of hydrogen-bond donors (Lipinski definition) is 1. The zero-order chi connectivity index (χ0) is 25.8. The van der Waals surface area contributed by atoms with Crippen LogP contribution in [0.5, 0.6) is 0 Å². The highest BCUT2D eigenvalue weighted by Gasteiger charge is 2.29. The number of carbonyl (C=O) groups excluding carboxylic acids is 4. The molecule has 2 aliphatic heterocycles. The smallest absolute Gasteiger partial charge is 0.410 e. The molecule has 0 unspecified atom stereocenters. The Kier molecular flexibility index (Phi) is 11.5. The molecule has 198 valence electrons. The molecule has 0 aromatic rings. The molecular formula is C26H43N3O6. The summed E-state index contributed by atoms with van der Waals surface area (Å²) >= 11 is 0. The van der Waals surface area contributed by atoms with Crippen molar-refractivity contribution in [2.45, 2.75) is 78.2 Å². The van der Waals surface area contributed by atoms with Crippen LogP contribution in [0.15, 0.2) is 12.2 Å². The second-order valence-electron chi connectivity index (χ2n) is 10.4. The molecule has 0 aromatic heterocycles. The zero-order valence-electron chi connectivity index (χ0n) is 21.8. The number of amides is 3. The third-order valence-corrected chi connectivity index (χ3v) is 6.20. The van der Waals surface area contributed by atoms with Crippen LogP contribution >= 0.6 is 0 Å². The number of hydrogen-bond acceptors (Lipinski definition) is 6. The highest BCUT2D eigenvalue weighted by atomic mass is 16.6. The van der Waals surface area contributed by atoms with Crippen molar-refractivity contribution in [3.8, 4) is 0 Å². The number of nitrogens with zero attached hydrogens (tertiary/aromatic N) is 2. The maximum Gasteiger partial charge on any atom is 0.410 e. The lowest BCUT2D eigenvalue weighted by Crippen LogP contribution is -2.45. The lowest BCUT2D eigenvalue weighted by Gasteiger charge is -2.33. The van der Waals surface area contributed by atoms with E-state index >= 15 is 0 Å². The first kappa shape index (κ1) is 28.7. The van der Waals surface area contributed by atoms with E-state index in [9.17, 15) is 19.2 Å². The van der Waals surface area contributed by atoms with Crippen LogP contribution in [0.1, 0.15) is 72.6 Å². The normalized spacial score (nSPS) is 19.5. The van der Waals surface area contributed by atoms with E-state index in [1.165, 1.54) is 0 Å². The number of rotatable bonds is 9. The number of esters is 1. The van der Waals surface area contributed by atoms with Gasteiger partial charge in [-0.05, 0) is 64.9 Å². The van der Waals surface area contributed by atoms with E-state index in [-0.39, 0.29) is 48.7 Å². The second kappa shape index (κ2) is 14.1. The van der Waals surface area contributed by atoms with Gasteiger partial charge in [-0.3, -0.25) is 14.4 Å². The van der Waals surface area contributed by atoms with Crippen LogP contribution in [-0.4, -0.2) is 78.6 Å². The maximum absolute atomic E-state index is 12.7. The topological polar surface area (TPSA) is 105 Å². The van der Waals surface area contributed by atoms with Crippen molar-refractivity contribution in [2.24, 2.45) is 11.8 Å². The van der Waals surface area contributed by atoms with E-state index in [1.54, 1.807) is 15.9 Å². The molecule has 2 rings (SSSR count). The Balaban J connectivity index is 1.71. The fraction of sp³-hybridized carbons (Fsp3) is 0.769. The molecule has 2 heterocycles. The second-order valence-corrected chi connectivity index (χ2v) is 10.4. The molecule has 9 heteroatoms. The molecule has 0 radical (unpaired) electrons. The maximum atomic E-state index is 12.7. The van der Waals surface area contributed by atoms with Crippen molar-refractivity contribution < 1.29 is 28.7 Å². The number of unbranched alkanes of at least 4 members (excludes halogenated alkanes) is 1. The number of likely N-dealkylation sites (tertiary alicyclic amines) is 2. The molecule has 9 nitrogen and oxygen atoms in total. The summed E-state index contributed by atoms with van der Waals surface area (Å²) in [4.78, 5) is 52.6. The van der Waals surface area contributed by atoms with Gasteiger partial charge in [-0.25, -0.2) is 4.79 Å². The van der Waals surface area contributed by atoms with Gasteiger partial charge < -0.3 is 24.6 Å². The van der Waals surface area contributed by atoms with Crippen molar-refractivity contribution in [1.29, 1.82) is 0 Å². The van der Waals surface area contributed by atoms with Gasteiger partial charge in [0.05, 0.1) is 18.9 Å². The molecule has 0 aliphatic carbocycles. The van der Waals surface area contributed by atoms with E-state index in [0.717, 1.165) is 38.5 Å². The Bertz CT molecular complexity index is 753. The van der Waals surface area contributed by atoms with Crippen LogP contribution in [0, 0.1) is 11.8 Å². The minimum Gasteiger partial charge on any atom is -0.466 e. The number of piperidine rings is 2. The zero-order valence-corrected chi connectivity index (χ0v) is 21.8. The molecule has 0 spiro atoms. The van der Waals surface area contributed by atoms with Gasteiger partial charge in [0.25, 0.3) is 0 Å². The molecule has 35 heavy (non-hydrogen) atoms. The van der Waals surface area contributed by atoms with Gasteiger partial charge in [0.2, 0.25) is 11.8 Å². The van der Waals surface area contributed by atoms with E-state index < -0.39 is 5.60 Å². The minimum absolute atomic E-state index is 0.0865. The monoisotopic (exact) mass is 493 g/mol. The summed E-state index contributed by atoms with van der Waals surface area (Å²) in [7, 11) is 0. The highest BCUT2D eigenvalue weighted by Crippen LogP contribution is 2.22. The van der Waals surface area contributed by atoms with E-state index in [0.29, 0.717) is 32.8 Å². The highest BCUT2D eigenvalue weighted by molar-refractivity contribution is 5.88. The molecule has 1 N–H and O–H groups in total. The van der Waals surface area contributed by atoms with Crippen molar-refractivity contribution in [3.63, 3.8) is 0 Å².